The van der Waals surface area contributed by atoms with Gasteiger partial charge in [0, 0.05) is 50.1 Å². The number of nitrogens with two attached hydrogens (primary N) is 2. The zero-order valence-corrected chi connectivity index (χ0v) is 19.1. The molecule has 0 amide bonds. The summed E-state index contributed by atoms with van der Waals surface area (Å²) in [4.78, 5) is 22.9. The van der Waals surface area contributed by atoms with E-state index in [9.17, 15) is 18.0 Å². The Bertz CT molecular complexity index is 1340. The Kier molecular flexibility index (Phi) is 7.10. The summed E-state index contributed by atoms with van der Waals surface area (Å²) in [7, 11) is 0. The number of nitrogens with one attached hydrogen (secondary N) is 1. The van der Waals surface area contributed by atoms with Crippen molar-refractivity contribution in [3.05, 3.63) is 66.0 Å². The molecule has 0 radical (unpaired) electrons. The van der Waals surface area contributed by atoms with Crippen molar-refractivity contribution in [2.75, 3.05) is 23.7 Å². The molecule has 0 bridgehead atoms. The number of hydrogen-bond acceptors (Lipinski definition) is 7. The van der Waals surface area contributed by atoms with E-state index in [0.717, 1.165) is 24.6 Å². The Hall–Kier alpha value is -4.13. The van der Waals surface area contributed by atoms with E-state index in [1.165, 1.54) is 18.6 Å². The summed E-state index contributed by atoms with van der Waals surface area (Å²) in [6, 6.07) is 3.61. The molecule has 4 aromatic rings. The lowest BCUT2D eigenvalue weighted by molar-refractivity contribution is -0.137. The lowest BCUT2D eigenvalue weighted by atomic mass is 10.0. The first-order valence-electron chi connectivity index (χ1n) is 11.1. The molecule has 0 aliphatic carbocycles. The van der Waals surface area contributed by atoms with Crippen molar-refractivity contribution in [2.24, 2.45) is 5.73 Å². The highest BCUT2D eigenvalue weighted by atomic mass is 19.4. The van der Waals surface area contributed by atoms with Crippen molar-refractivity contribution >= 4 is 28.4 Å². The van der Waals surface area contributed by atoms with Gasteiger partial charge in [0.05, 0.1) is 40.6 Å². The first-order chi connectivity index (χ1) is 17.1. The maximum Gasteiger partial charge on any atom is 0.419 e. The van der Waals surface area contributed by atoms with Crippen LogP contribution in [0.1, 0.15) is 34.3 Å². The number of carboxylic acid groups (broad SMARTS) is 1. The van der Waals surface area contributed by atoms with Gasteiger partial charge in [0.2, 0.25) is 0 Å². The van der Waals surface area contributed by atoms with E-state index in [4.69, 9.17) is 16.6 Å². The van der Waals surface area contributed by atoms with E-state index >= 15 is 0 Å². The summed E-state index contributed by atoms with van der Waals surface area (Å²) in [6.45, 7) is 1.44. The molecule has 0 spiro atoms. The Morgan fingerprint density at radius 2 is 2.08 bits per heavy atom. The van der Waals surface area contributed by atoms with Crippen LogP contribution in [0, 0.1) is 0 Å². The van der Waals surface area contributed by atoms with Gasteiger partial charge in [-0.3, -0.25) is 9.67 Å². The van der Waals surface area contributed by atoms with Gasteiger partial charge in [0.1, 0.15) is 5.65 Å². The van der Waals surface area contributed by atoms with Gasteiger partial charge < -0.3 is 26.5 Å². The summed E-state index contributed by atoms with van der Waals surface area (Å²) in [5, 5.41) is 13.0. The van der Waals surface area contributed by atoms with Crippen LogP contribution in [-0.4, -0.2) is 54.9 Å². The van der Waals surface area contributed by atoms with Crippen molar-refractivity contribution in [1.82, 2.24) is 24.7 Å². The second kappa shape index (κ2) is 10.2. The predicted octanol–water partition coefficient (Wildman–Crippen LogP) is 3.12. The number of nitrogen functional groups attached to an aromatic ring is 1. The topological polar surface area (TPSA) is 152 Å². The molecule has 4 aromatic heterocycles. The van der Waals surface area contributed by atoms with Crippen LogP contribution in [0.4, 0.5) is 24.5 Å². The minimum Gasteiger partial charge on any atom is -0.478 e. The number of anilines is 2. The smallest absolute Gasteiger partial charge is 0.419 e. The number of alkyl halides is 3. The van der Waals surface area contributed by atoms with E-state index in [1.807, 2.05) is 12.1 Å². The monoisotopic (exact) mass is 502 g/mol. The number of nitrogens with zero attached hydrogens (tertiary/aromatic N) is 5. The second-order valence-electron chi connectivity index (χ2n) is 8.43. The molecule has 1 atom stereocenters. The van der Waals surface area contributed by atoms with Crippen LogP contribution >= 0.6 is 0 Å². The molecule has 0 aromatic carbocycles. The van der Waals surface area contributed by atoms with Crippen LogP contribution in [0.25, 0.3) is 11.0 Å². The van der Waals surface area contributed by atoms with Crippen molar-refractivity contribution in [2.45, 2.75) is 31.6 Å². The van der Waals surface area contributed by atoms with Gasteiger partial charge in [-0.25, -0.2) is 9.78 Å². The molecule has 13 heteroatoms. The Morgan fingerprint density at radius 3 is 2.72 bits per heavy atom. The Morgan fingerprint density at radius 1 is 1.28 bits per heavy atom. The maximum absolute atomic E-state index is 13.3. The molecule has 5 rings (SSSR count). The molecule has 6 N–H and O–H groups in total. The predicted molar refractivity (Wildman–Crippen MR) is 127 cm³/mol. The van der Waals surface area contributed by atoms with Crippen LogP contribution in [0.5, 0.6) is 0 Å². The minimum atomic E-state index is -4.48. The number of pyridine rings is 2. The van der Waals surface area contributed by atoms with Crippen molar-refractivity contribution in [3.8, 4) is 0 Å². The zero-order valence-electron chi connectivity index (χ0n) is 19.1. The normalized spacial score (nSPS) is 16.0. The number of fused-ring (bicyclic) bond motifs is 1. The number of piperidine rings is 1. The number of H-pyrrole nitrogens is 1. The molecule has 0 unspecified atom stereocenters. The fourth-order valence-corrected chi connectivity index (χ4v) is 4.09. The fraction of sp³-hybridized carbons (Fsp3) is 0.304. The minimum absolute atomic E-state index is 0.0846. The molecule has 1 saturated heterocycles. The van der Waals surface area contributed by atoms with E-state index < -0.39 is 17.7 Å². The molecule has 1 aliphatic heterocycles. The zero-order chi connectivity index (χ0) is 25.9. The third-order valence-electron chi connectivity index (χ3n) is 5.73. The van der Waals surface area contributed by atoms with Crippen LogP contribution in [0.15, 0.2) is 49.3 Å². The molecule has 0 saturated carbocycles. The van der Waals surface area contributed by atoms with Gasteiger partial charge in [0.25, 0.3) is 0 Å². The highest BCUT2D eigenvalue weighted by molar-refractivity contribution is 6.01. The number of hydrogen-bond donors (Lipinski definition) is 4. The highest BCUT2D eigenvalue weighted by Gasteiger charge is 2.38. The Labute approximate surface area is 203 Å². The second-order valence-corrected chi connectivity index (χ2v) is 8.43. The van der Waals surface area contributed by atoms with Gasteiger partial charge in [-0.05, 0) is 24.5 Å². The van der Waals surface area contributed by atoms with Crippen LogP contribution in [0.2, 0.25) is 0 Å². The molecule has 36 heavy (non-hydrogen) atoms. The van der Waals surface area contributed by atoms with Crippen molar-refractivity contribution < 1.29 is 23.1 Å². The van der Waals surface area contributed by atoms with Gasteiger partial charge in [-0.15, -0.1) is 0 Å². The van der Waals surface area contributed by atoms with Gasteiger partial charge in [0.15, 0.2) is 0 Å². The standard InChI is InChI=1S/C13H16F3N5.C10H9N3O2/c14-13(15,16)8-4-19-12-10(9(18)5-20-12)11(8)21-3-1-2-7(17)6-21;14-10(15)9-5-12-13(7-9)6-8-2-1-3-11-4-8/h4-5,7H,1-3,6,17-18H2,(H,19,20);1-5,7H,6H2,(H,14,15)/t7-;/m1./s1. The number of carboxylic acids is 1. The lowest BCUT2D eigenvalue weighted by Crippen LogP contribution is -2.43. The number of carbonyl (C=O) groups is 1. The van der Waals surface area contributed by atoms with Gasteiger partial charge in [-0.1, -0.05) is 6.07 Å². The summed E-state index contributed by atoms with van der Waals surface area (Å²) in [6.07, 6.45) is 5.65. The van der Waals surface area contributed by atoms with Gasteiger partial charge in [-0.2, -0.15) is 18.3 Å². The summed E-state index contributed by atoms with van der Waals surface area (Å²) >= 11 is 0. The fourth-order valence-electron chi connectivity index (χ4n) is 4.09. The summed E-state index contributed by atoms with van der Waals surface area (Å²) < 4.78 is 41.5. The molecule has 1 aliphatic rings. The van der Waals surface area contributed by atoms with Crippen molar-refractivity contribution in [3.63, 3.8) is 0 Å². The molecule has 190 valence electrons. The van der Waals surface area contributed by atoms with Crippen molar-refractivity contribution in [1.29, 1.82) is 0 Å². The van der Waals surface area contributed by atoms with Gasteiger partial charge >= 0.3 is 12.1 Å². The number of aromatic carboxylic acids is 1. The molecule has 5 heterocycles. The number of halogens is 3. The lowest BCUT2D eigenvalue weighted by Gasteiger charge is -2.34. The number of rotatable bonds is 4. The average molecular weight is 503 g/mol. The summed E-state index contributed by atoms with van der Waals surface area (Å²) in [5.74, 6) is -0.965. The van der Waals surface area contributed by atoms with E-state index in [-0.39, 0.29) is 23.0 Å². The molecular weight excluding hydrogens is 477 g/mol. The number of aromatic nitrogens is 5. The average Bonchev–Trinajstić information content (AvgIpc) is 3.46. The third kappa shape index (κ3) is 5.57. The van der Waals surface area contributed by atoms with E-state index in [0.29, 0.717) is 30.7 Å². The van der Waals surface area contributed by atoms with E-state index in [2.05, 4.69) is 20.1 Å². The maximum atomic E-state index is 13.3. The summed E-state index contributed by atoms with van der Waals surface area (Å²) in [5.41, 5.74) is 12.8. The Balaban J connectivity index is 0.000000179. The highest BCUT2D eigenvalue weighted by Crippen LogP contribution is 2.42. The third-order valence-corrected chi connectivity index (χ3v) is 5.73. The van der Waals surface area contributed by atoms with Crippen LogP contribution in [0.3, 0.4) is 0 Å². The largest absolute Gasteiger partial charge is 0.478 e. The number of aromatic amines is 1. The van der Waals surface area contributed by atoms with Crippen LogP contribution in [-0.2, 0) is 12.7 Å². The quantitative estimate of drug-likeness (QED) is 0.332. The molecule has 1 fully saturated rings. The van der Waals surface area contributed by atoms with Crippen LogP contribution < -0.4 is 16.4 Å². The first kappa shape index (κ1) is 25.0. The van der Waals surface area contributed by atoms with E-state index in [1.54, 1.807) is 22.0 Å². The first-order valence-corrected chi connectivity index (χ1v) is 11.1. The molecular formula is C23H25F3N8O2. The molecule has 10 nitrogen and oxygen atoms in total. The SMILES string of the molecule is Nc1c[nH]c2ncc(C(F)(F)F)c(N3CCC[C@@H](N)C3)c12.O=C(O)c1cnn(Cc2cccnc2)c1.